The minimum absolute atomic E-state index is 0.0356. The first kappa shape index (κ1) is 12.3. The van der Waals surface area contributed by atoms with Gasteiger partial charge in [0.1, 0.15) is 11.9 Å². The molecular formula is C15H19ClO2. The molecular weight excluding hydrogens is 248 g/mol. The van der Waals surface area contributed by atoms with Gasteiger partial charge in [-0.3, -0.25) is 0 Å². The molecule has 0 N–H and O–H groups in total. The van der Waals surface area contributed by atoms with E-state index in [0.29, 0.717) is 0 Å². The number of benzene rings is 1. The summed E-state index contributed by atoms with van der Waals surface area (Å²) in [6.07, 6.45) is 4.89. The molecule has 1 aromatic rings. The average Bonchev–Trinajstić information content (AvgIpc) is 2.78. The predicted octanol–water partition coefficient (Wildman–Crippen LogP) is 3.86. The Kier molecular flexibility index (Phi) is 3.49. The Morgan fingerprint density at radius 2 is 2.22 bits per heavy atom. The van der Waals surface area contributed by atoms with Crippen LogP contribution in [0.5, 0.6) is 5.75 Å². The summed E-state index contributed by atoms with van der Waals surface area (Å²) in [7, 11) is 0. The fraction of sp³-hybridized carbons (Fsp3) is 0.600. The first-order chi connectivity index (χ1) is 8.74. The van der Waals surface area contributed by atoms with Crippen LogP contribution in [0.25, 0.3) is 0 Å². The summed E-state index contributed by atoms with van der Waals surface area (Å²) in [5.41, 5.74) is 2.45. The second-order valence-corrected chi connectivity index (χ2v) is 5.78. The molecule has 0 aliphatic carbocycles. The normalized spacial score (nSPS) is 28.6. The van der Waals surface area contributed by atoms with Crippen molar-refractivity contribution < 1.29 is 9.47 Å². The molecule has 1 fully saturated rings. The van der Waals surface area contributed by atoms with Crippen molar-refractivity contribution in [3.63, 3.8) is 0 Å². The van der Waals surface area contributed by atoms with E-state index < -0.39 is 0 Å². The van der Waals surface area contributed by atoms with E-state index in [0.717, 1.165) is 31.6 Å². The van der Waals surface area contributed by atoms with E-state index in [1.165, 1.54) is 17.5 Å². The molecule has 2 heterocycles. The number of fused-ring (bicyclic) bond motifs is 1. The first-order valence-corrected chi connectivity index (χ1v) is 7.23. The van der Waals surface area contributed by atoms with Crippen molar-refractivity contribution in [1.82, 2.24) is 0 Å². The third-order valence-corrected chi connectivity index (χ3v) is 4.31. The summed E-state index contributed by atoms with van der Waals surface area (Å²) in [5, 5.41) is -0.0356. The lowest BCUT2D eigenvalue weighted by Crippen LogP contribution is -2.23. The Labute approximate surface area is 113 Å². The van der Waals surface area contributed by atoms with E-state index in [1.54, 1.807) is 0 Å². The topological polar surface area (TPSA) is 18.5 Å². The van der Waals surface area contributed by atoms with Crippen molar-refractivity contribution in [3.05, 3.63) is 29.3 Å². The van der Waals surface area contributed by atoms with E-state index in [4.69, 9.17) is 21.1 Å². The maximum atomic E-state index is 6.56. The number of alkyl halides is 1. The van der Waals surface area contributed by atoms with Crippen LogP contribution in [0, 0.1) is 0 Å². The van der Waals surface area contributed by atoms with Gasteiger partial charge in [0.25, 0.3) is 0 Å². The van der Waals surface area contributed by atoms with Gasteiger partial charge < -0.3 is 9.47 Å². The van der Waals surface area contributed by atoms with E-state index in [1.807, 2.05) is 6.07 Å². The Hall–Kier alpha value is -0.730. The summed E-state index contributed by atoms with van der Waals surface area (Å²) in [4.78, 5) is 0. The highest BCUT2D eigenvalue weighted by Gasteiger charge is 2.26. The molecule has 0 radical (unpaired) electrons. The van der Waals surface area contributed by atoms with Crippen molar-refractivity contribution in [2.45, 2.75) is 50.2 Å². The minimum atomic E-state index is -0.0356. The zero-order valence-electron chi connectivity index (χ0n) is 10.7. The number of rotatable bonds is 2. The maximum Gasteiger partial charge on any atom is 0.123 e. The number of ether oxygens (including phenoxy) is 2. The van der Waals surface area contributed by atoms with Gasteiger partial charge in [-0.25, -0.2) is 0 Å². The molecule has 0 bridgehead atoms. The fourth-order valence-corrected chi connectivity index (χ4v) is 3.16. The summed E-state index contributed by atoms with van der Waals surface area (Å²) in [6, 6.07) is 6.31. The highest BCUT2D eigenvalue weighted by molar-refractivity contribution is 6.21. The third kappa shape index (κ3) is 2.36. The summed E-state index contributed by atoms with van der Waals surface area (Å²) in [6.45, 7) is 2.95. The van der Waals surface area contributed by atoms with Crippen molar-refractivity contribution >= 4 is 11.6 Å². The SMILES string of the molecule is CC1Cc2cc(C(Cl)C3CCCCO3)ccc2O1. The second kappa shape index (κ2) is 5.10. The molecule has 98 valence electrons. The molecule has 0 aromatic heterocycles. The third-order valence-electron chi connectivity index (χ3n) is 3.78. The number of hydrogen-bond acceptors (Lipinski definition) is 2. The lowest BCUT2D eigenvalue weighted by molar-refractivity contribution is 0.0136. The monoisotopic (exact) mass is 266 g/mol. The summed E-state index contributed by atoms with van der Waals surface area (Å²) >= 11 is 6.56. The van der Waals surface area contributed by atoms with Crippen LogP contribution in [0.3, 0.4) is 0 Å². The van der Waals surface area contributed by atoms with Crippen molar-refractivity contribution in [1.29, 1.82) is 0 Å². The lowest BCUT2D eigenvalue weighted by Gasteiger charge is -2.27. The van der Waals surface area contributed by atoms with Crippen LogP contribution < -0.4 is 4.74 Å². The largest absolute Gasteiger partial charge is 0.490 e. The van der Waals surface area contributed by atoms with Crippen LogP contribution in [-0.2, 0) is 11.2 Å². The van der Waals surface area contributed by atoms with Gasteiger partial charge in [-0.2, -0.15) is 0 Å². The van der Waals surface area contributed by atoms with Crippen molar-refractivity contribution in [3.8, 4) is 5.75 Å². The van der Waals surface area contributed by atoms with Gasteiger partial charge in [0, 0.05) is 13.0 Å². The molecule has 1 aromatic carbocycles. The number of halogens is 1. The van der Waals surface area contributed by atoms with E-state index in [9.17, 15) is 0 Å². The Balaban J connectivity index is 1.78. The summed E-state index contributed by atoms with van der Waals surface area (Å²) in [5.74, 6) is 1.01. The zero-order valence-corrected chi connectivity index (χ0v) is 11.5. The van der Waals surface area contributed by atoms with E-state index in [2.05, 4.69) is 19.1 Å². The molecule has 3 rings (SSSR count). The fourth-order valence-electron chi connectivity index (χ4n) is 2.82. The quantitative estimate of drug-likeness (QED) is 0.757. The first-order valence-electron chi connectivity index (χ1n) is 6.79. The van der Waals surface area contributed by atoms with Gasteiger partial charge in [0.15, 0.2) is 0 Å². The van der Waals surface area contributed by atoms with Crippen molar-refractivity contribution in [2.24, 2.45) is 0 Å². The smallest absolute Gasteiger partial charge is 0.123 e. The predicted molar refractivity (Wildman–Crippen MR) is 72.4 cm³/mol. The number of hydrogen-bond donors (Lipinski definition) is 0. The van der Waals surface area contributed by atoms with Gasteiger partial charge >= 0.3 is 0 Å². The highest BCUT2D eigenvalue weighted by Crippen LogP contribution is 2.36. The minimum Gasteiger partial charge on any atom is -0.490 e. The Morgan fingerprint density at radius 1 is 1.33 bits per heavy atom. The molecule has 3 unspecified atom stereocenters. The van der Waals surface area contributed by atoms with Crippen LogP contribution in [0.4, 0.5) is 0 Å². The maximum absolute atomic E-state index is 6.56. The van der Waals surface area contributed by atoms with Gasteiger partial charge in [-0.05, 0) is 43.4 Å². The zero-order chi connectivity index (χ0) is 12.5. The standard InChI is InChI=1S/C15H19ClO2/c1-10-8-12-9-11(5-6-13(12)18-10)15(16)14-4-2-3-7-17-14/h5-6,9-10,14-15H,2-4,7-8H2,1H3. The van der Waals surface area contributed by atoms with Crippen LogP contribution in [0.15, 0.2) is 18.2 Å². The Bertz CT molecular complexity index is 427. The molecule has 0 saturated carbocycles. The lowest BCUT2D eigenvalue weighted by atomic mass is 9.98. The average molecular weight is 267 g/mol. The highest BCUT2D eigenvalue weighted by atomic mass is 35.5. The van der Waals surface area contributed by atoms with Gasteiger partial charge in [0.2, 0.25) is 0 Å². The molecule has 0 spiro atoms. The second-order valence-electron chi connectivity index (χ2n) is 5.31. The van der Waals surface area contributed by atoms with Crippen LogP contribution in [0.2, 0.25) is 0 Å². The molecule has 0 amide bonds. The van der Waals surface area contributed by atoms with E-state index >= 15 is 0 Å². The molecule has 2 nitrogen and oxygen atoms in total. The molecule has 1 saturated heterocycles. The van der Waals surface area contributed by atoms with Gasteiger partial charge in [-0.15, -0.1) is 11.6 Å². The summed E-state index contributed by atoms with van der Waals surface area (Å²) < 4.78 is 11.5. The van der Waals surface area contributed by atoms with Gasteiger partial charge in [0.05, 0.1) is 11.5 Å². The Morgan fingerprint density at radius 3 is 3.00 bits per heavy atom. The molecule has 2 aliphatic rings. The van der Waals surface area contributed by atoms with Crippen LogP contribution in [0.1, 0.15) is 42.7 Å². The van der Waals surface area contributed by atoms with Crippen LogP contribution in [-0.4, -0.2) is 18.8 Å². The molecule has 3 atom stereocenters. The molecule has 18 heavy (non-hydrogen) atoms. The van der Waals surface area contributed by atoms with E-state index in [-0.39, 0.29) is 17.6 Å². The van der Waals surface area contributed by atoms with Crippen LogP contribution >= 0.6 is 11.6 Å². The van der Waals surface area contributed by atoms with Crippen molar-refractivity contribution in [2.75, 3.05) is 6.61 Å². The van der Waals surface area contributed by atoms with Gasteiger partial charge in [-0.1, -0.05) is 12.1 Å². The molecule has 2 aliphatic heterocycles. The molecule has 3 heteroatoms.